The second kappa shape index (κ2) is 5.13. The molecule has 0 saturated carbocycles. The number of carbonyl (C=O) groups is 1. The van der Waals surface area contributed by atoms with Crippen LogP contribution in [-0.4, -0.2) is 24.1 Å². The molecule has 7 heteroatoms. The molecular formula is C12H13NO6. The lowest BCUT2D eigenvalue weighted by Crippen LogP contribution is -2.16. The lowest BCUT2D eigenvalue weighted by Gasteiger charge is -2.20. The molecule has 1 aliphatic rings. The van der Waals surface area contributed by atoms with Crippen molar-refractivity contribution in [2.75, 3.05) is 13.2 Å². The van der Waals surface area contributed by atoms with Gasteiger partial charge in [0, 0.05) is 6.92 Å². The Morgan fingerprint density at radius 3 is 2.47 bits per heavy atom. The molecule has 0 spiro atoms. The first-order valence-corrected chi connectivity index (χ1v) is 5.74. The fourth-order valence-corrected chi connectivity index (χ4v) is 1.89. The van der Waals surface area contributed by atoms with Crippen molar-refractivity contribution < 1.29 is 23.9 Å². The van der Waals surface area contributed by atoms with Gasteiger partial charge >= 0.3 is 5.97 Å². The molecule has 2 rings (SSSR count). The molecule has 0 amide bonds. The molecule has 0 saturated heterocycles. The summed E-state index contributed by atoms with van der Waals surface area (Å²) in [6.07, 6.45) is -0.728. The van der Waals surface area contributed by atoms with Gasteiger partial charge in [-0.3, -0.25) is 14.9 Å². The van der Waals surface area contributed by atoms with E-state index in [1.165, 1.54) is 19.1 Å². The van der Waals surface area contributed by atoms with Crippen LogP contribution in [0.5, 0.6) is 11.5 Å². The summed E-state index contributed by atoms with van der Waals surface area (Å²) in [4.78, 5) is 21.5. The molecular weight excluding hydrogens is 254 g/mol. The van der Waals surface area contributed by atoms with E-state index in [0.29, 0.717) is 24.7 Å². The van der Waals surface area contributed by atoms with E-state index in [9.17, 15) is 14.9 Å². The van der Waals surface area contributed by atoms with Crippen molar-refractivity contribution in [3.8, 4) is 11.5 Å². The van der Waals surface area contributed by atoms with Gasteiger partial charge in [0.2, 0.25) is 0 Å². The molecule has 0 N–H and O–H groups in total. The molecule has 1 heterocycles. The van der Waals surface area contributed by atoms with E-state index in [-0.39, 0.29) is 11.3 Å². The minimum atomic E-state index is -0.728. The number of ether oxygens (including phenoxy) is 3. The Morgan fingerprint density at radius 2 is 1.95 bits per heavy atom. The maximum atomic E-state index is 11.1. The van der Waals surface area contributed by atoms with Crippen molar-refractivity contribution in [1.29, 1.82) is 0 Å². The fourth-order valence-electron chi connectivity index (χ4n) is 1.89. The van der Waals surface area contributed by atoms with Gasteiger partial charge in [-0.15, -0.1) is 0 Å². The summed E-state index contributed by atoms with van der Waals surface area (Å²) in [6, 6.07) is 2.78. The summed E-state index contributed by atoms with van der Waals surface area (Å²) in [5.41, 5.74) is 0.127. The van der Waals surface area contributed by atoms with Crippen LogP contribution < -0.4 is 9.47 Å². The molecule has 0 radical (unpaired) electrons. The zero-order valence-electron chi connectivity index (χ0n) is 10.5. The van der Waals surface area contributed by atoms with Crippen LogP contribution in [0.25, 0.3) is 0 Å². The predicted octanol–water partition coefficient (Wildman–Crippen LogP) is 1.99. The molecule has 0 bridgehead atoms. The highest BCUT2D eigenvalue weighted by Gasteiger charge is 2.26. The zero-order valence-corrected chi connectivity index (χ0v) is 10.5. The summed E-state index contributed by atoms with van der Waals surface area (Å²) >= 11 is 0. The lowest BCUT2D eigenvalue weighted by molar-refractivity contribution is -0.386. The van der Waals surface area contributed by atoms with E-state index in [1.807, 2.05) is 0 Å². The molecule has 0 aliphatic carbocycles. The summed E-state index contributed by atoms with van der Waals surface area (Å²) in [6.45, 7) is 3.55. The van der Waals surface area contributed by atoms with Crippen LogP contribution in [0, 0.1) is 10.1 Å². The first kappa shape index (κ1) is 13.1. The highest BCUT2D eigenvalue weighted by Crippen LogP contribution is 2.39. The van der Waals surface area contributed by atoms with E-state index < -0.39 is 17.0 Å². The average Bonchev–Trinajstić information content (AvgIpc) is 2.36. The fraction of sp³-hybridized carbons (Fsp3) is 0.417. The maximum absolute atomic E-state index is 11.1. The number of esters is 1. The predicted molar refractivity (Wildman–Crippen MR) is 64.3 cm³/mol. The van der Waals surface area contributed by atoms with E-state index >= 15 is 0 Å². The number of benzene rings is 1. The number of rotatable bonds is 3. The molecule has 102 valence electrons. The van der Waals surface area contributed by atoms with Crippen LogP contribution in [0.4, 0.5) is 5.69 Å². The molecule has 0 aromatic heterocycles. The Balaban J connectivity index is 2.45. The second-order valence-corrected chi connectivity index (χ2v) is 4.06. The SMILES string of the molecule is CC(=O)OC(C)c1cc2c(cc1[N+](=O)[O-])OCCO2. The van der Waals surface area contributed by atoms with Crippen molar-refractivity contribution in [3.05, 3.63) is 27.8 Å². The highest BCUT2D eigenvalue weighted by molar-refractivity contribution is 5.67. The van der Waals surface area contributed by atoms with Crippen LogP contribution in [0.1, 0.15) is 25.5 Å². The standard InChI is InChI=1S/C12H13NO6/c1-7(19-8(2)14)9-5-11-12(18-4-3-17-11)6-10(9)13(15)16/h5-7H,3-4H2,1-2H3. The summed E-state index contributed by atoms with van der Waals surface area (Å²) in [5, 5.41) is 11.1. The Bertz CT molecular complexity index is 527. The summed E-state index contributed by atoms with van der Waals surface area (Å²) in [7, 11) is 0. The molecule has 1 aromatic rings. The monoisotopic (exact) mass is 267 g/mol. The van der Waals surface area contributed by atoms with Crippen molar-refractivity contribution in [3.63, 3.8) is 0 Å². The van der Waals surface area contributed by atoms with E-state index in [4.69, 9.17) is 14.2 Å². The molecule has 1 aliphatic heterocycles. The van der Waals surface area contributed by atoms with Crippen molar-refractivity contribution >= 4 is 11.7 Å². The number of carbonyl (C=O) groups excluding carboxylic acids is 1. The number of hydrogen-bond donors (Lipinski definition) is 0. The number of nitrogens with zero attached hydrogens (tertiary/aromatic N) is 1. The molecule has 1 aromatic carbocycles. The van der Waals surface area contributed by atoms with E-state index in [2.05, 4.69) is 0 Å². The first-order chi connectivity index (χ1) is 8.99. The Morgan fingerprint density at radius 1 is 1.37 bits per heavy atom. The Labute approximate surface area is 109 Å². The largest absolute Gasteiger partial charge is 0.486 e. The van der Waals surface area contributed by atoms with Gasteiger partial charge in [-0.25, -0.2) is 0 Å². The van der Waals surface area contributed by atoms with Crippen LogP contribution in [0.15, 0.2) is 12.1 Å². The third-order valence-corrected chi connectivity index (χ3v) is 2.67. The minimum Gasteiger partial charge on any atom is -0.486 e. The topological polar surface area (TPSA) is 87.9 Å². The zero-order chi connectivity index (χ0) is 14.0. The quantitative estimate of drug-likeness (QED) is 0.472. The maximum Gasteiger partial charge on any atom is 0.303 e. The Kier molecular flexibility index (Phi) is 3.55. The van der Waals surface area contributed by atoms with E-state index in [0.717, 1.165) is 0 Å². The molecule has 1 unspecified atom stereocenters. The first-order valence-electron chi connectivity index (χ1n) is 5.74. The van der Waals surface area contributed by atoms with Crippen LogP contribution in [0.2, 0.25) is 0 Å². The van der Waals surface area contributed by atoms with Crippen LogP contribution in [-0.2, 0) is 9.53 Å². The van der Waals surface area contributed by atoms with Gasteiger partial charge in [-0.2, -0.15) is 0 Å². The molecule has 7 nitrogen and oxygen atoms in total. The lowest BCUT2D eigenvalue weighted by atomic mass is 10.1. The average molecular weight is 267 g/mol. The third-order valence-electron chi connectivity index (χ3n) is 2.67. The van der Waals surface area contributed by atoms with Gasteiger partial charge < -0.3 is 14.2 Å². The Hall–Kier alpha value is -2.31. The van der Waals surface area contributed by atoms with Crippen LogP contribution >= 0.6 is 0 Å². The van der Waals surface area contributed by atoms with Gasteiger partial charge in [0.05, 0.1) is 16.6 Å². The van der Waals surface area contributed by atoms with Crippen molar-refractivity contribution in [2.24, 2.45) is 0 Å². The van der Waals surface area contributed by atoms with Gasteiger partial charge in [0.25, 0.3) is 5.69 Å². The number of nitro benzene ring substituents is 1. The third kappa shape index (κ3) is 2.75. The van der Waals surface area contributed by atoms with Gasteiger partial charge in [-0.05, 0) is 13.0 Å². The number of fused-ring (bicyclic) bond motifs is 1. The summed E-state index contributed by atoms with van der Waals surface area (Å²) in [5.74, 6) is 0.249. The number of hydrogen-bond acceptors (Lipinski definition) is 6. The highest BCUT2D eigenvalue weighted by atomic mass is 16.6. The second-order valence-electron chi connectivity index (χ2n) is 4.06. The smallest absolute Gasteiger partial charge is 0.303 e. The molecule has 19 heavy (non-hydrogen) atoms. The summed E-state index contributed by atoms with van der Waals surface area (Å²) < 4.78 is 15.6. The number of nitro groups is 1. The van der Waals surface area contributed by atoms with Crippen molar-refractivity contribution in [1.82, 2.24) is 0 Å². The minimum absolute atomic E-state index is 0.155. The normalized spacial score (nSPS) is 14.6. The van der Waals surface area contributed by atoms with Crippen LogP contribution in [0.3, 0.4) is 0 Å². The van der Waals surface area contributed by atoms with Gasteiger partial charge in [-0.1, -0.05) is 0 Å². The van der Waals surface area contributed by atoms with Gasteiger partial charge in [0.15, 0.2) is 11.5 Å². The molecule has 1 atom stereocenters. The van der Waals surface area contributed by atoms with Gasteiger partial charge in [0.1, 0.15) is 19.3 Å². The molecule has 0 fully saturated rings. The van der Waals surface area contributed by atoms with Crippen molar-refractivity contribution in [2.45, 2.75) is 20.0 Å². The van der Waals surface area contributed by atoms with E-state index in [1.54, 1.807) is 6.92 Å².